The molecule has 0 radical (unpaired) electrons. The fourth-order valence-corrected chi connectivity index (χ4v) is 6.30. The largest absolute Gasteiger partial charge is 0.423 e. The van der Waals surface area contributed by atoms with Crippen LogP contribution in [0.1, 0.15) is 99.0 Å². The van der Waals surface area contributed by atoms with Crippen LogP contribution in [0.5, 0.6) is 5.75 Å². The van der Waals surface area contributed by atoms with Gasteiger partial charge in [-0.3, -0.25) is 0 Å². The van der Waals surface area contributed by atoms with Crippen molar-refractivity contribution < 1.29 is 13.9 Å². The summed E-state index contributed by atoms with van der Waals surface area (Å²) in [6.07, 6.45) is 20.6. The lowest BCUT2D eigenvalue weighted by molar-refractivity contribution is 0.0729. The van der Waals surface area contributed by atoms with Gasteiger partial charge in [0.15, 0.2) is 0 Å². The van der Waals surface area contributed by atoms with Crippen molar-refractivity contribution >= 4 is 5.97 Å². The standard InChI is InChI=1S/C33H41FO2/c1-3-5-7-9-24-12-18-30(19-13-24)36-33(35)31-20-17-29(23-32(31)34)28-16-15-26-21-25(10-8-6-4-2)11-14-27(26)22-28/h3-6,12-13,17-20,23,25-28H,7-11,14-16,21-22H2,1-2H3/b5-3+,6-4+. The SMILES string of the molecule is C/C=C/CCc1ccc(OC(=O)c2ccc(C3CCC4CC(CC/C=C/C)CCC4C3)cc2F)cc1. The first-order valence-corrected chi connectivity index (χ1v) is 13.9. The molecular formula is C33H41FO2. The van der Waals surface area contributed by atoms with Crippen molar-refractivity contribution in [1.29, 1.82) is 0 Å². The summed E-state index contributed by atoms with van der Waals surface area (Å²) in [5.74, 6) is 2.18. The number of rotatable bonds is 9. The van der Waals surface area contributed by atoms with E-state index in [0.717, 1.165) is 49.0 Å². The minimum Gasteiger partial charge on any atom is -0.423 e. The average Bonchev–Trinajstić information content (AvgIpc) is 2.89. The predicted octanol–water partition coefficient (Wildman–Crippen LogP) is 9.21. The van der Waals surface area contributed by atoms with Gasteiger partial charge in [-0.1, -0.05) is 48.9 Å². The molecule has 0 aromatic heterocycles. The highest BCUT2D eigenvalue weighted by Gasteiger charge is 2.36. The van der Waals surface area contributed by atoms with Crippen LogP contribution >= 0.6 is 0 Å². The quantitative estimate of drug-likeness (QED) is 0.200. The van der Waals surface area contributed by atoms with Crippen LogP contribution < -0.4 is 4.74 Å². The van der Waals surface area contributed by atoms with Gasteiger partial charge in [-0.2, -0.15) is 0 Å². The van der Waals surface area contributed by atoms with Crippen molar-refractivity contribution in [2.24, 2.45) is 17.8 Å². The molecule has 2 aromatic carbocycles. The van der Waals surface area contributed by atoms with Crippen LogP contribution in [0.15, 0.2) is 66.8 Å². The highest BCUT2D eigenvalue weighted by molar-refractivity contribution is 5.91. The first-order valence-electron chi connectivity index (χ1n) is 13.9. The maximum atomic E-state index is 15.0. The number of allylic oxidation sites excluding steroid dienone is 4. The summed E-state index contributed by atoms with van der Waals surface area (Å²) >= 11 is 0. The molecule has 2 aromatic rings. The smallest absolute Gasteiger partial charge is 0.346 e. The number of carbonyl (C=O) groups excluding carboxylic acids is 1. The topological polar surface area (TPSA) is 26.3 Å². The zero-order chi connectivity index (χ0) is 25.3. The van der Waals surface area contributed by atoms with E-state index in [4.69, 9.17) is 4.74 Å². The molecule has 0 N–H and O–H groups in total. The molecule has 4 atom stereocenters. The molecule has 4 rings (SSSR count). The van der Waals surface area contributed by atoms with E-state index in [0.29, 0.717) is 11.7 Å². The van der Waals surface area contributed by atoms with E-state index in [2.05, 4.69) is 25.2 Å². The summed E-state index contributed by atoms with van der Waals surface area (Å²) in [7, 11) is 0. The molecule has 2 fully saturated rings. The summed E-state index contributed by atoms with van der Waals surface area (Å²) in [4.78, 5) is 12.7. The number of carbonyl (C=O) groups is 1. The normalized spacial score (nSPS) is 24.2. The molecule has 3 heteroatoms. The van der Waals surface area contributed by atoms with E-state index in [1.807, 2.05) is 31.2 Å². The number of benzene rings is 2. The van der Waals surface area contributed by atoms with Crippen molar-refractivity contribution in [2.75, 3.05) is 0 Å². The highest BCUT2D eigenvalue weighted by atomic mass is 19.1. The summed E-state index contributed by atoms with van der Waals surface area (Å²) in [5, 5.41) is 0. The zero-order valence-corrected chi connectivity index (χ0v) is 21.9. The molecule has 36 heavy (non-hydrogen) atoms. The molecule has 0 spiro atoms. The lowest BCUT2D eigenvalue weighted by atomic mass is 9.63. The number of hydrogen-bond acceptors (Lipinski definition) is 2. The van der Waals surface area contributed by atoms with Crippen molar-refractivity contribution in [3.63, 3.8) is 0 Å². The third-order valence-electron chi connectivity index (χ3n) is 8.35. The minimum absolute atomic E-state index is 0.00577. The van der Waals surface area contributed by atoms with Crippen molar-refractivity contribution in [2.45, 2.75) is 84.0 Å². The van der Waals surface area contributed by atoms with Gasteiger partial charge in [0.05, 0.1) is 5.56 Å². The van der Waals surface area contributed by atoms with E-state index in [1.165, 1.54) is 44.1 Å². The van der Waals surface area contributed by atoms with Crippen LogP contribution in [-0.4, -0.2) is 5.97 Å². The van der Waals surface area contributed by atoms with E-state index < -0.39 is 11.8 Å². The van der Waals surface area contributed by atoms with Crippen LogP contribution in [0.3, 0.4) is 0 Å². The second-order valence-electron chi connectivity index (χ2n) is 10.7. The van der Waals surface area contributed by atoms with Crippen LogP contribution in [-0.2, 0) is 6.42 Å². The summed E-state index contributed by atoms with van der Waals surface area (Å²) in [5.41, 5.74) is 2.22. The second kappa shape index (κ2) is 13.0. The molecule has 0 amide bonds. The van der Waals surface area contributed by atoms with Gasteiger partial charge in [0.25, 0.3) is 0 Å². The Labute approximate surface area is 216 Å². The van der Waals surface area contributed by atoms with Gasteiger partial charge in [-0.25, -0.2) is 9.18 Å². The molecular weight excluding hydrogens is 447 g/mol. The van der Waals surface area contributed by atoms with Crippen molar-refractivity contribution in [3.05, 3.63) is 89.3 Å². The first kappa shape index (κ1) is 26.4. The molecule has 0 heterocycles. The van der Waals surface area contributed by atoms with Gasteiger partial charge in [-0.15, -0.1) is 0 Å². The fraction of sp³-hybridized carbons (Fsp3) is 0.485. The van der Waals surface area contributed by atoms with E-state index in [-0.39, 0.29) is 5.56 Å². The maximum absolute atomic E-state index is 15.0. The van der Waals surface area contributed by atoms with Gasteiger partial charge in [0.2, 0.25) is 0 Å². The van der Waals surface area contributed by atoms with Crippen LogP contribution in [0.4, 0.5) is 4.39 Å². The minimum atomic E-state index is -0.638. The van der Waals surface area contributed by atoms with Gasteiger partial charge >= 0.3 is 5.97 Å². The Morgan fingerprint density at radius 1 is 0.917 bits per heavy atom. The second-order valence-corrected chi connectivity index (χ2v) is 10.7. The number of fused-ring (bicyclic) bond motifs is 1. The Morgan fingerprint density at radius 3 is 2.39 bits per heavy atom. The lowest BCUT2D eigenvalue weighted by Crippen LogP contribution is -2.30. The molecule has 192 valence electrons. The van der Waals surface area contributed by atoms with Crippen LogP contribution in [0.25, 0.3) is 0 Å². The number of halogens is 1. The van der Waals surface area contributed by atoms with Gasteiger partial charge in [0, 0.05) is 0 Å². The molecule has 2 aliphatic carbocycles. The van der Waals surface area contributed by atoms with Gasteiger partial charge in [-0.05, 0) is 131 Å². The molecule has 4 unspecified atom stereocenters. The summed E-state index contributed by atoms with van der Waals surface area (Å²) in [6, 6.07) is 12.6. The van der Waals surface area contributed by atoms with E-state index in [9.17, 15) is 4.79 Å². The molecule has 2 nitrogen and oxygen atoms in total. The first-order chi connectivity index (χ1) is 17.6. The Kier molecular flexibility index (Phi) is 9.55. The Bertz CT molecular complexity index is 1050. The van der Waals surface area contributed by atoms with Crippen molar-refractivity contribution in [3.8, 4) is 5.75 Å². The molecule has 0 aliphatic heterocycles. The highest BCUT2D eigenvalue weighted by Crippen LogP contribution is 2.48. The molecule has 0 saturated heterocycles. The predicted molar refractivity (Wildman–Crippen MR) is 146 cm³/mol. The van der Waals surface area contributed by atoms with Crippen molar-refractivity contribution in [1.82, 2.24) is 0 Å². The number of aryl methyl sites for hydroxylation is 1. The van der Waals surface area contributed by atoms with E-state index >= 15 is 4.39 Å². The lowest BCUT2D eigenvalue weighted by Gasteiger charge is -2.42. The van der Waals surface area contributed by atoms with Gasteiger partial charge < -0.3 is 4.74 Å². The number of ether oxygens (including phenoxy) is 1. The Balaban J connectivity index is 1.31. The third kappa shape index (κ3) is 6.96. The molecule has 0 bridgehead atoms. The third-order valence-corrected chi connectivity index (χ3v) is 8.35. The monoisotopic (exact) mass is 488 g/mol. The van der Waals surface area contributed by atoms with Crippen LogP contribution in [0, 0.1) is 23.6 Å². The fourth-order valence-electron chi connectivity index (χ4n) is 6.30. The summed E-state index contributed by atoms with van der Waals surface area (Å²) < 4.78 is 20.5. The van der Waals surface area contributed by atoms with Gasteiger partial charge in [0.1, 0.15) is 11.6 Å². The van der Waals surface area contributed by atoms with E-state index in [1.54, 1.807) is 24.3 Å². The molecule has 2 aliphatic rings. The summed E-state index contributed by atoms with van der Waals surface area (Å²) in [6.45, 7) is 4.11. The number of hydrogen-bond donors (Lipinski definition) is 0. The van der Waals surface area contributed by atoms with Crippen LogP contribution in [0.2, 0.25) is 0 Å². The Hall–Kier alpha value is -2.68. The maximum Gasteiger partial charge on any atom is 0.346 e. The average molecular weight is 489 g/mol. The Morgan fingerprint density at radius 2 is 1.64 bits per heavy atom. The molecule has 2 saturated carbocycles. The number of esters is 1. The zero-order valence-electron chi connectivity index (χ0n) is 21.9.